The molecule has 0 fully saturated rings. The molecule has 1 amide bonds. The Kier molecular flexibility index (Phi) is 4.49. The van der Waals surface area contributed by atoms with E-state index in [-0.39, 0.29) is 17.7 Å². The quantitative estimate of drug-likeness (QED) is 0.636. The van der Waals surface area contributed by atoms with Crippen molar-refractivity contribution in [1.29, 1.82) is 5.26 Å². The van der Waals surface area contributed by atoms with E-state index in [1.807, 2.05) is 36.4 Å². The molecule has 0 aliphatic heterocycles. The summed E-state index contributed by atoms with van der Waals surface area (Å²) in [5, 5.41) is 12.2. The van der Waals surface area contributed by atoms with Crippen LogP contribution in [0.25, 0.3) is 10.4 Å². The Morgan fingerprint density at radius 1 is 1.16 bits per heavy atom. The first-order chi connectivity index (χ1) is 12.1. The highest BCUT2D eigenvalue weighted by Crippen LogP contribution is 2.29. The summed E-state index contributed by atoms with van der Waals surface area (Å²) in [5.41, 5.74) is 11.9. The van der Waals surface area contributed by atoms with E-state index in [9.17, 15) is 10.1 Å². The molecule has 0 aliphatic rings. The minimum absolute atomic E-state index is 0.107. The van der Waals surface area contributed by atoms with Crippen molar-refractivity contribution in [3.05, 3.63) is 42.4 Å². The Labute approximate surface area is 146 Å². The summed E-state index contributed by atoms with van der Waals surface area (Å²) in [4.78, 5) is 28.6. The molecular formula is C15H12N8OS. The molecule has 2 aromatic heterocycles. The van der Waals surface area contributed by atoms with Crippen LogP contribution in [-0.4, -0.2) is 25.8 Å². The number of carbonyl (C=O) groups excluding carboxylic acids is 1. The van der Waals surface area contributed by atoms with Crippen LogP contribution in [0.3, 0.4) is 0 Å². The summed E-state index contributed by atoms with van der Waals surface area (Å²) in [6, 6.07) is 11.4. The number of nitrogens with one attached hydrogen (secondary N) is 1. The van der Waals surface area contributed by atoms with Crippen LogP contribution >= 0.6 is 11.3 Å². The van der Waals surface area contributed by atoms with Crippen molar-refractivity contribution in [2.24, 2.45) is 0 Å². The van der Waals surface area contributed by atoms with E-state index in [1.54, 1.807) is 6.20 Å². The monoisotopic (exact) mass is 352 g/mol. The maximum Gasteiger partial charge on any atom is 0.251 e. The normalized spacial score (nSPS) is 11.5. The average molecular weight is 352 g/mol. The van der Waals surface area contributed by atoms with Gasteiger partial charge in [0.1, 0.15) is 0 Å². The molecule has 10 heteroatoms. The number of hydrogen-bond donors (Lipinski definition) is 3. The molecule has 5 N–H and O–H groups in total. The maximum absolute atomic E-state index is 12.4. The summed E-state index contributed by atoms with van der Waals surface area (Å²) in [6.07, 6.45) is 1.65. The molecule has 1 aromatic carbocycles. The number of nitrogen functional groups attached to an aromatic ring is 2. The number of hydrogen-bond acceptors (Lipinski definition) is 9. The van der Waals surface area contributed by atoms with Gasteiger partial charge in [-0.2, -0.15) is 20.2 Å². The summed E-state index contributed by atoms with van der Waals surface area (Å²) < 4.78 is 0. The maximum atomic E-state index is 12.4. The lowest BCUT2D eigenvalue weighted by atomic mass is 10.1. The van der Waals surface area contributed by atoms with Crippen LogP contribution in [0.2, 0.25) is 0 Å². The van der Waals surface area contributed by atoms with Gasteiger partial charge in [-0.3, -0.25) is 4.79 Å². The summed E-state index contributed by atoms with van der Waals surface area (Å²) >= 11 is 1.29. The predicted octanol–water partition coefficient (Wildman–Crippen LogP) is 1.41. The SMILES string of the molecule is N#CC(C(=O)Nc1ncc(-c2ccccc2)s1)c1nc(N)nc(N)n1. The molecule has 124 valence electrons. The summed E-state index contributed by atoms with van der Waals surface area (Å²) in [7, 11) is 0. The van der Waals surface area contributed by atoms with E-state index in [0.717, 1.165) is 10.4 Å². The second kappa shape index (κ2) is 6.90. The summed E-state index contributed by atoms with van der Waals surface area (Å²) in [5.74, 6) is -2.32. The molecule has 25 heavy (non-hydrogen) atoms. The lowest BCUT2D eigenvalue weighted by molar-refractivity contribution is -0.116. The standard InChI is InChI=1S/C15H12N8OS/c16-6-9(11-20-13(17)23-14(18)21-11)12(24)22-15-19-7-10(25-15)8-4-2-1-3-5-8/h1-5,7,9H,(H,19,22,24)(H4,17,18,20,21,23). The topological polar surface area (TPSA) is 156 Å². The molecule has 1 unspecified atom stereocenters. The number of amides is 1. The molecule has 1 atom stereocenters. The van der Waals surface area contributed by atoms with Gasteiger partial charge in [-0.05, 0) is 5.56 Å². The van der Waals surface area contributed by atoms with Crippen molar-refractivity contribution in [1.82, 2.24) is 19.9 Å². The van der Waals surface area contributed by atoms with Gasteiger partial charge in [-0.25, -0.2) is 4.98 Å². The van der Waals surface area contributed by atoms with Crippen LogP contribution in [0.1, 0.15) is 11.7 Å². The van der Waals surface area contributed by atoms with Crippen molar-refractivity contribution in [3.8, 4) is 16.5 Å². The van der Waals surface area contributed by atoms with Crippen molar-refractivity contribution in [2.75, 3.05) is 16.8 Å². The fourth-order valence-corrected chi connectivity index (χ4v) is 2.86. The molecule has 0 saturated carbocycles. The van der Waals surface area contributed by atoms with Crippen LogP contribution < -0.4 is 16.8 Å². The molecule has 2 heterocycles. The molecular weight excluding hydrogens is 340 g/mol. The molecule has 0 aliphatic carbocycles. The van der Waals surface area contributed by atoms with E-state index in [4.69, 9.17) is 11.5 Å². The fourth-order valence-electron chi connectivity index (χ4n) is 2.04. The molecule has 0 radical (unpaired) electrons. The van der Waals surface area contributed by atoms with Crippen molar-refractivity contribution >= 4 is 34.3 Å². The number of aromatic nitrogens is 4. The largest absolute Gasteiger partial charge is 0.368 e. The first-order valence-electron chi connectivity index (χ1n) is 7.05. The van der Waals surface area contributed by atoms with Crippen molar-refractivity contribution < 1.29 is 4.79 Å². The Hall–Kier alpha value is -3.58. The Bertz CT molecular complexity index is 929. The second-order valence-electron chi connectivity index (χ2n) is 4.86. The molecule has 0 saturated heterocycles. The van der Waals surface area contributed by atoms with Gasteiger partial charge in [0, 0.05) is 6.20 Å². The minimum Gasteiger partial charge on any atom is -0.368 e. The molecule has 3 aromatic rings. The number of nitrogens with two attached hydrogens (primary N) is 2. The van der Waals surface area contributed by atoms with E-state index < -0.39 is 11.8 Å². The van der Waals surface area contributed by atoms with Crippen LogP contribution in [0.5, 0.6) is 0 Å². The molecule has 9 nitrogen and oxygen atoms in total. The van der Waals surface area contributed by atoms with E-state index >= 15 is 0 Å². The third-order valence-corrected chi connectivity index (χ3v) is 4.09. The Morgan fingerprint density at radius 3 is 2.48 bits per heavy atom. The number of rotatable bonds is 4. The second-order valence-corrected chi connectivity index (χ2v) is 5.89. The fraction of sp³-hybridized carbons (Fsp3) is 0.0667. The van der Waals surface area contributed by atoms with E-state index in [2.05, 4.69) is 25.3 Å². The van der Waals surface area contributed by atoms with Gasteiger partial charge in [0.2, 0.25) is 11.9 Å². The number of benzene rings is 1. The van der Waals surface area contributed by atoms with Gasteiger partial charge in [-0.15, -0.1) is 0 Å². The predicted molar refractivity (Wildman–Crippen MR) is 93.2 cm³/mol. The van der Waals surface area contributed by atoms with Crippen LogP contribution in [0.4, 0.5) is 17.0 Å². The van der Waals surface area contributed by atoms with Gasteiger partial charge in [0.25, 0.3) is 5.91 Å². The highest BCUT2D eigenvalue weighted by molar-refractivity contribution is 7.19. The van der Waals surface area contributed by atoms with Gasteiger partial charge >= 0.3 is 0 Å². The molecule has 0 spiro atoms. The van der Waals surface area contributed by atoms with Crippen molar-refractivity contribution in [2.45, 2.75) is 5.92 Å². The lowest BCUT2D eigenvalue weighted by Crippen LogP contribution is -2.23. The third kappa shape index (κ3) is 3.67. The summed E-state index contributed by atoms with van der Waals surface area (Å²) in [6.45, 7) is 0. The zero-order chi connectivity index (χ0) is 17.8. The highest BCUT2D eigenvalue weighted by Gasteiger charge is 2.25. The number of carbonyl (C=O) groups is 1. The number of anilines is 3. The highest BCUT2D eigenvalue weighted by atomic mass is 32.1. The van der Waals surface area contributed by atoms with Gasteiger partial charge in [0.05, 0.1) is 10.9 Å². The number of nitrogens with zero attached hydrogens (tertiary/aromatic N) is 5. The van der Waals surface area contributed by atoms with Gasteiger partial charge < -0.3 is 16.8 Å². The third-order valence-electron chi connectivity index (χ3n) is 3.13. The zero-order valence-corrected chi connectivity index (χ0v) is 13.6. The number of nitriles is 1. The number of thiazole rings is 1. The van der Waals surface area contributed by atoms with Crippen LogP contribution in [0.15, 0.2) is 36.5 Å². The Balaban J connectivity index is 1.79. The Morgan fingerprint density at radius 2 is 1.84 bits per heavy atom. The smallest absolute Gasteiger partial charge is 0.251 e. The van der Waals surface area contributed by atoms with Gasteiger partial charge in [0.15, 0.2) is 16.9 Å². The average Bonchev–Trinajstić information content (AvgIpc) is 3.04. The van der Waals surface area contributed by atoms with Crippen LogP contribution in [0, 0.1) is 11.3 Å². The van der Waals surface area contributed by atoms with E-state index in [0.29, 0.717) is 5.13 Å². The first kappa shape index (κ1) is 16.3. The first-order valence-corrected chi connectivity index (χ1v) is 7.87. The molecule has 0 bridgehead atoms. The van der Waals surface area contributed by atoms with Gasteiger partial charge in [-0.1, -0.05) is 41.7 Å². The minimum atomic E-state index is -1.28. The lowest BCUT2D eigenvalue weighted by Gasteiger charge is -2.07. The zero-order valence-electron chi connectivity index (χ0n) is 12.7. The van der Waals surface area contributed by atoms with E-state index in [1.165, 1.54) is 11.3 Å². The van der Waals surface area contributed by atoms with Crippen LogP contribution in [-0.2, 0) is 4.79 Å². The van der Waals surface area contributed by atoms with Crippen molar-refractivity contribution in [3.63, 3.8) is 0 Å². The molecule has 3 rings (SSSR count).